The van der Waals surface area contributed by atoms with Crippen LogP contribution in [0.5, 0.6) is 0 Å². The van der Waals surface area contributed by atoms with Crippen LogP contribution < -0.4 is 0 Å². The summed E-state index contributed by atoms with van der Waals surface area (Å²) in [6.45, 7) is 2.53. The van der Waals surface area contributed by atoms with Gasteiger partial charge in [0, 0.05) is 37.1 Å². The summed E-state index contributed by atoms with van der Waals surface area (Å²) in [5, 5.41) is 0.886. The third-order valence-corrected chi connectivity index (χ3v) is 5.51. The molecular weight excluding hydrogens is 347 g/mol. The van der Waals surface area contributed by atoms with Crippen molar-refractivity contribution in [3.63, 3.8) is 0 Å². The molecule has 24 heavy (non-hydrogen) atoms. The van der Waals surface area contributed by atoms with Crippen molar-refractivity contribution in [2.75, 3.05) is 26.2 Å². The Morgan fingerprint density at radius 1 is 0.917 bits per heavy atom. The molecule has 1 saturated carbocycles. The minimum absolute atomic E-state index is 0.0909. The highest BCUT2D eigenvalue weighted by atomic mass is 35.5. The maximum Gasteiger partial charge on any atom is 0.255 e. The molecule has 0 radical (unpaired) electrons. The second-order valence-corrected chi connectivity index (χ2v) is 7.42. The van der Waals surface area contributed by atoms with Crippen molar-refractivity contribution in [3.8, 4) is 0 Å². The Morgan fingerprint density at radius 2 is 1.58 bits per heavy atom. The first kappa shape index (κ1) is 17.6. The van der Waals surface area contributed by atoms with Gasteiger partial charge in [-0.2, -0.15) is 0 Å². The van der Waals surface area contributed by atoms with E-state index in [9.17, 15) is 9.59 Å². The fourth-order valence-corrected chi connectivity index (χ4v) is 4.09. The zero-order valence-electron chi connectivity index (χ0n) is 13.6. The molecule has 0 atom stereocenters. The number of carbonyl (C=O) groups excluding carboxylic acids is 2. The zero-order chi connectivity index (χ0) is 17.1. The summed E-state index contributed by atoms with van der Waals surface area (Å²) in [5.41, 5.74) is 0.469. The lowest BCUT2D eigenvalue weighted by molar-refractivity contribution is -0.135. The Labute approximate surface area is 152 Å². The minimum atomic E-state index is -0.0909. The van der Waals surface area contributed by atoms with Crippen LogP contribution in [0.2, 0.25) is 10.0 Å². The van der Waals surface area contributed by atoms with Crippen molar-refractivity contribution in [2.24, 2.45) is 5.92 Å². The molecule has 0 aromatic heterocycles. The molecule has 0 N–H and O–H groups in total. The van der Waals surface area contributed by atoms with Gasteiger partial charge >= 0.3 is 0 Å². The van der Waals surface area contributed by atoms with E-state index in [0.29, 0.717) is 35.2 Å². The van der Waals surface area contributed by atoms with E-state index in [1.165, 1.54) is 0 Å². The Hall–Kier alpha value is -1.26. The van der Waals surface area contributed by atoms with Crippen LogP contribution in [0.25, 0.3) is 0 Å². The van der Waals surface area contributed by atoms with Gasteiger partial charge in [-0.15, -0.1) is 0 Å². The topological polar surface area (TPSA) is 40.6 Å². The van der Waals surface area contributed by atoms with Crippen molar-refractivity contribution in [1.82, 2.24) is 9.80 Å². The molecule has 2 fully saturated rings. The summed E-state index contributed by atoms with van der Waals surface area (Å²) < 4.78 is 0. The van der Waals surface area contributed by atoms with Crippen LogP contribution in [0.3, 0.4) is 0 Å². The van der Waals surface area contributed by atoms with E-state index in [4.69, 9.17) is 23.2 Å². The predicted molar refractivity (Wildman–Crippen MR) is 95.5 cm³/mol. The van der Waals surface area contributed by atoms with Crippen molar-refractivity contribution in [3.05, 3.63) is 33.8 Å². The molecule has 3 rings (SSSR count). The second kappa shape index (κ2) is 7.75. The van der Waals surface area contributed by atoms with Crippen LogP contribution in [0, 0.1) is 5.92 Å². The van der Waals surface area contributed by atoms with Gasteiger partial charge in [0.2, 0.25) is 5.91 Å². The Bertz CT molecular complexity index is 629. The summed E-state index contributed by atoms with van der Waals surface area (Å²) in [7, 11) is 0. The molecule has 1 heterocycles. The molecule has 0 bridgehead atoms. The standard InChI is InChI=1S/C18H22Cl2N2O2/c19-14-6-7-15(16(20)12-14)18(24)22-9-3-8-21(10-11-22)17(23)13-4-1-2-5-13/h6-7,12-13H,1-5,8-11H2. The molecule has 2 amide bonds. The molecule has 4 nitrogen and oxygen atoms in total. The molecule has 1 aliphatic carbocycles. The third kappa shape index (κ3) is 3.86. The summed E-state index contributed by atoms with van der Waals surface area (Å²) >= 11 is 12.0. The smallest absolute Gasteiger partial charge is 0.255 e. The van der Waals surface area contributed by atoms with Gasteiger partial charge in [-0.3, -0.25) is 9.59 Å². The fourth-order valence-electron chi connectivity index (χ4n) is 3.61. The molecule has 1 aromatic rings. The zero-order valence-corrected chi connectivity index (χ0v) is 15.2. The van der Waals surface area contributed by atoms with Gasteiger partial charge in [0.05, 0.1) is 10.6 Å². The van der Waals surface area contributed by atoms with Gasteiger partial charge in [0.25, 0.3) is 5.91 Å². The van der Waals surface area contributed by atoms with Crippen molar-refractivity contribution >= 4 is 35.0 Å². The molecule has 0 unspecified atom stereocenters. The van der Waals surface area contributed by atoms with Crippen molar-refractivity contribution < 1.29 is 9.59 Å². The van der Waals surface area contributed by atoms with Gasteiger partial charge in [-0.05, 0) is 37.5 Å². The average Bonchev–Trinajstić information content (AvgIpc) is 2.98. The van der Waals surface area contributed by atoms with Gasteiger partial charge in [-0.1, -0.05) is 36.0 Å². The van der Waals surface area contributed by atoms with E-state index in [1.54, 1.807) is 23.1 Å². The van der Waals surface area contributed by atoms with Crippen LogP contribution in [-0.4, -0.2) is 47.8 Å². The number of rotatable bonds is 2. The second-order valence-electron chi connectivity index (χ2n) is 6.58. The van der Waals surface area contributed by atoms with Crippen LogP contribution in [0.15, 0.2) is 18.2 Å². The highest BCUT2D eigenvalue weighted by Crippen LogP contribution is 2.27. The maximum atomic E-state index is 12.7. The number of halogens is 2. The first-order valence-corrected chi connectivity index (χ1v) is 9.35. The van der Waals surface area contributed by atoms with Crippen LogP contribution in [0.4, 0.5) is 0 Å². The lowest BCUT2D eigenvalue weighted by Gasteiger charge is -2.24. The highest BCUT2D eigenvalue weighted by Gasteiger charge is 2.29. The lowest BCUT2D eigenvalue weighted by Crippen LogP contribution is -2.39. The Kier molecular flexibility index (Phi) is 5.67. The van der Waals surface area contributed by atoms with Gasteiger partial charge < -0.3 is 9.80 Å². The fraction of sp³-hybridized carbons (Fsp3) is 0.556. The van der Waals surface area contributed by atoms with E-state index in [2.05, 4.69) is 0 Å². The molecule has 1 aromatic carbocycles. The van der Waals surface area contributed by atoms with Crippen LogP contribution >= 0.6 is 23.2 Å². The van der Waals surface area contributed by atoms with E-state index in [-0.39, 0.29) is 17.7 Å². The van der Waals surface area contributed by atoms with E-state index in [0.717, 1.165) is 38.6 Å². The minimum Gasteiger partial charge on any atom is -0.341 e. The number of nitrogens with zero attached hydrogens (tertiary/aromatic N) is 2. The van der Waals surface area contributed by atoms with Crippen LogP contribution in [0.1, 0.15) is 42.5 Å². The van der Waals surface area contributed by atoms with E-state index < -0.39 is 0 Å². The number of hydrogen-bond acceptors (Lipinski definition) is 2. The number of amides is 2. The van der Waals surface area contributed by atoms with Crippen molar-refractivity contribution in [1.29, 1.82) is 0 Å². The van der Waals surface area contributed by atoms with Gasteiger partial charge in [-0.25, -0.2) is 0 Å². The summed E-state index contributed by atoms with van der Waals surface area (Å²) in [5.74, 6) is 0.371. The highest BCUT2D eigenvalue weighted by molar-refractivity contribution is 6.36. The molecule has 0 spiro atoms. The van der Waals surface area contributed by atoms with Crippen molar-refractivity contribution in [2.45, 2.75) is 32.1 Å². The summed E-state index contributed by atoms with van der Waals surface area (Å²) in [4.78, 5) is 29.0. The molecule has 1 saturated heterocycles. The molecule has 130 valence electrons. The van der Waals surface area contributed by atoms with Gasteiger partial charge in [0.1, 0.15) is 0 Å². The van der Waals surface area contributed by atoms with Crippen LogP contribution in [-0.2, 0) is 4.79 Å². The number of hydrogen-bond donors (Lipinski definition) is 0. The predicted octanol–water partition coefficient (Wildman–Crippen LogP) is 3.86. The average molecular weight is 369 g/mol. The molecule has 1 aliphatic heterocycles. The molecular formula is C18H22Cl2N2O2. The monoisotopic (exact) mass is 368 g/mol. The normalized spacial score (nSPS) is 19.4. The first-order valence-electron chi connectivity index (χ1n) is 8.59. The number of carbonyl (C=O) groups is 2. The van der Waals surface area contributed by atoms with Gasteiger partial charge in [0.15, 0.2) is 0 Å². The third-order valence-electron chi connectivity index (χ3n) is 4.96. The largest absolute Gasteiger partial charge is 0.341 e. The SMILES string of the molecule is O=C(c1ccc(Cl)cc1Cl)N1CCCN(C(=O)C2CCCC2)CC1. The van der Waals surface area contributed by atoms with E-state index in [1.807, 2.05) is 4.90 Å². The first-order chi connectivity index (χ1) is 11.6. The molecule has 2 aliphatic rings. The quantitative estimate of drug-likeness (QED) is 0.794. The maximum absolute atomic E-state index is 12.7. The lowest BCUT2D eigenvalue weighted by atomic mass is 10.1. The molecule has 6 heteroatoms. The Morgan fingerprint density at radius 3 is 2.29 bits per heavy atom. The summed E-state index contributed by atoms with van der Waals surface area (Å²) in [6, 6.07) is 4.93. The van der Waals surface area contributed by atoms with E-state index >= 15 is 0 Å². The Balaban J connectivity index is 1.64. The summed E-state index contributed by atoms with van der Waals surface area (Å²) in [6.07, 6.45) is 5.14. The number of benzene rings is 1.